The first-order chi connectivity index (χ1) is 9.26. The SMILES string of the molecule is CCNC(CC)C(C)Cc1cccc2ccccc12. The molecule has 0 bridgehead atoms. The summed E-state index contributed by atoms with van der Waals surface area (Å²) in [6.07, 6.45) is 2.34. The molecule has 1 N–H and O–H groups in total. The predicted molar refractivity (Wildman–Crippen MR) is 84.6 cm³/mol. The molecule has 2 unspecified atom stereocenters. The maximum atomic E-state index is 3.60. The number of hydrogen-bond donors (Lipinski definition) is 1. The average Bonchev–Trinajstić information content (AvgIpc) is 2.45. The molecule has 0 aromatic heterocycles. The van der Waals surface area contributed by atoms with E-state index in [0.29, 0.717) is 12.0 Å². The second-order valence-electron chi connectivity index (χ2n) is 5.39. The van der Waals surface area contributed by atoms with Gasteiger partial charge in [-0.05, 0) is 41.6 Å². The van der Waals surface area contributed by atoms with E-state index in [-0.39, 0.29) is 0 Å². The Morgan fingerprint density at radius 3 is 2.47 bits per heavy atom. The predicted octanol–water partition coefficient (Wildman–Crippen LogP) is 4.41. The second kappa shape index (κ2) is 6.72. The van der Waals surface area contributed by atoms with Crippen molar-refractivity contribution in [3.8, 4) is 0 Å². The summed E-state index contributed by atoms with van der Waals surface area (Å²) in [5.74, 6) is 0.663. The standard InChI is InChI=1S/C18H25N/c1-4-18(19-5-2)14(3)13-16-11-8-10-15-9-6-7-12-17(15)16/h6-12,14,18-19H,4-5,13H2,1-3H3. The minimum atomic E-state index is 0.615. The van der Waals surface area contributed by atoms with Crippen molar-refractivity contribution in [2.45, 2.75) is 39.7 Å². The molecule has 2 aromatic carbocycles. The van der Waals surface area contributed by atoms with E-state index >= 15 is 0 Å². The molecule has 2 atom stereocenters. The van der Waals surface area contributed by atoms with Gasteiger partial charge in [-0.3, -0.25) is 0 Å². The summed E-state index contributed by atoms with van der Waals surface area (Å²) in [6, 6.07) is 16.0. The molecule has 102 valence electrons. The van der Waals surface area contributed by atoms with Crippen molar-refractivity contribution in [2.75, 3.05) is 6.54 Å². The molecule has 2 rings (SSSR count). The molecule has 2 aromatic rings. The van der Waals surface area contributed by atoms with Crippen LogP contribution in [0.25, 0.3) is 10.8 Å². The van der Waals surface area contributed by atoms with Crippen LogP contribution in [-0.4, -0.2) is 12.6 Å². The molecule has 0 saturated heterocycles. The van der Waals surface area contributed by atoms with E-state index in [1.807, 2.05) is 0 Å². The fourth-order valence-electron chi connectivity index (χ4n) is 2.97. The normalized spacial score (nSPS) is 14.5. The fraction of sp³-hybridized carbons (Fsp3) is 0.444. The molecule has 0 aliphatic rings. The molecule has 1 heteroatoms. The van der Waals surface area contributed by atoms with E-state index < -0.39 is 0 Å². The lowest BCUT2D eigenvalue weighted by Crippen LogP contribution is -2.35. The zero-order valence-electron chi connectivity index (χ0n) is 12.3. The van der Waals surface area contributed by atoms with Crippen LogP contribution in [-0.2, 0) is 6.42 Å². The third-order valence-electron chi connectivity index (χ3n) is 4.01. The van der Waals surface area contributed by atoms with Gasteiger partial charge < -0.3 is 5.32 Å². The van der Waals surface area contributed by atoms with Crippen LogP contribution in [0, 0.1) is 5.92 Å². The summed E-state index contributed by atoms with van der Waals surface area (Å²) in [5.41, 5.74) is 1.47. The maximum absolute atomic E-state index is 3.60. The first-order valence-corrected chi connectivity index (χ1v) is 7.46. The lowest BCUT2D eigenvalue weighted by atomic mass is 9.90. The molecule has 0 spiro atoms. The Bertz CT molecular complexity index is 513. The van der Waals surface area contributed by atoms with Gasteiger partial charge in [0.2, 0.25) is 0 Å². The number of hydrogen-bond acceptors (Lipinski definition) is 1. The van der Waals surface area contributed by atoms with Crippen molar-refractivity contribution in [1.82, 2.24) is 5.32 Å². The van der Waals surface area contributed by atoms with Crippen LogP contribution >= 0.6 is 0 Å². The van der Waals surface area contributed by atoms with Crippen molar-refractivity contribution in [3.05, 3.63) is 48.0 Å². The van der Waals surface area contributed by atoms with Gasteiger partial charge in [0.25, 0.3) is 0 Å². The summed E-state index contributed by atoms with van der Waals surface area (Å²) in [5, 5.41) is 6.36. The summed E-state index contributed by atoms with van der Waals surface area (Å²) >= 11 is 0. The minimum Gasteiger partial charge on any atom is -0.314 e. The van der Waals surface area contributed by atoms with Crippen molar-refractivity contribution >= 4 is 10.8 Å². The van der Waals surface area contributed by atoms with Gasteiger partial charge in [0.15, 0.2) is 0 Å². The third-order valence-corrected chi connectivity index (χ3v) is 4.01. The molecule has 0 saturated carbocycles. The lowest BCUT2D eigenvalue weighted by Gasteiger charge is -2.24. The van der Waals surface area contributed by atoms with E-state index in [4.69, 9.17) is 0 Å². The highest BCUT2D eigenvalue weighted by Gasteiger charge is 2.15. The Hall–Kier alpha value is -1.34. The molecule has 0 aliphatic heterocycles. The number of rotatable bonds is 6. The molecular formula is C18H25N. The molecule has 0 aliphatic carbocycles. The van der Waals surface area contributed by atoms with Gasteiger partial charge in [-0.25, -0.2) is 0 Å². The molecule has 1 nitrogen and oxygen atoms in total. The van der Waals surface area contributed by atoms with Crippen LogP contribution in [0.1, 0.15) is 32.8 Å². The largest absolute Gasteiger partial charge is 0.314 e. The Labute approximate surface area is 117 Å². The molecule has 0 heterocycles. The second-order valence-corrected chi connectivity index (χ2v) is 5.39. The van der Waals surface area contributed by atoms with Crippen LogP contribution in [0.5, 0.6) is 0 Å². The fourth-order valence-corrected chi connectivity index (χ4v) is 2.97. The van der Waals surface area contributed by atoms with E-state index in [1.54, 1.807) is 0 Å². The van der Waals surface area contributed by atoms with Gasteiger partial charge in [0.1, 0.15) is 0 Å². The van der Waals surface area contributed by atoms with Gasteiger partial charge in [-0.1, -0.05) is 63.2 Å². The summed E-state index contributed by atoms with van der Waals surface area (Å²) in [4.78, 5) is 0. The summed E-state index contributed by atoms with van der Waals surface area (Å²) in [7, 11) is 0. The van der Waals surface area contributed by atoms with Crippen LogP contribution in [0.3, 0.4) is 0 Å². The van der Waals surface area contributed by atoms with Gasteiger partial charge in [-0.15, -0.1) is 0 Å². The Morgan fingerprint density at radius 1 is 1.00 bits per heavy atom. The van der Waals surface area contributed by atoms with Crippen LogP contribution in [0.4, 0.5) is 0 Å². The average molecular weight is 255 g/mol. The highest BCUT2D eigenvalue weighted by Crippen LogP contribution is 2.22. The Balaban J connectivity index is 2.21. The van der Waals surface area contributed by atoms with Crippen molar-refractivity contribution in [1.29, 1.82) is 0 Å². The smallest absolute Gasteiger partial charge is 0.00931 e. The first kappa shape index (κ1) is 14.1. The number of benzene rings is 2. The van der Waals surface area contributed by atoms with Crippen molar-refractivity contribution < 1.29 is 0 Å². The van der Waals surface area contributed by atoms with Gasteiger partial charge in [0, 0.05) is 6.04 Å². The molecular weight excluding hydrogens is 230 g/mol. The summed E-state index contributed by atoms with van der Waals surface area (Å²) in [6.45, 7) is 7.87. The lowest BCUT2D eigenvalue weighted by molar-refractivity contribution is 0.371. The Kier molecular flexibility index (Phi) is 4.98. The number of fused-ring (bicyclic) bond motifs is 1. The molecule has 19 heavy (non-hydrogen) atoms. The minimum absolute atomic E-state index is 0.615. The third kappa shape index (κ3) is 3.36. The number of nitrogens with one attached hydrogen (secondary N) is 1. The molecule has 0 amide bonds. The highest BCUT2D eigenvalue weighted by atomic mass is 14.9. The zero-order valence-corrected chi connectivity index (χ0v) is 12.3. The molecule has 0 fully saturated rings. The topological polar surface area (TPSA) is 12.0 Å². The van der Waals surface area contributed by atoms with E-state index in [1.165, 1.54) is 22.8 Å². The van der Waals surface area contributed by atoms with Crippen LogP contribution in [0.2, 0.25) is 0 Å². The van der Waals surface area contributed by atoms with E-state index in [2.05, 4.69) is 68.6 Å². The monoisotopic (exact) mass is 255 g/mol. The van der Waals surface area contributed by atoms with Crippen molar-refractivity contribution in [3.63, 3.8) is 0 Å². The maximum Gasteiger partial charge on any atom is 0.00931 e. The van der Waals surface area contributed by atoms with Gasteiger partial charge in [-0.2, -0.15) is 0 Å². The Morgan fingerprint density at radius 2 is 1.74 bits per heavy atom. The van der Waals surface area contributed by atoms with Gasteiger partial charge in [0.05, 0.1) is 0 Å². The quantitative estimate of drug-likeness (QED) is 0.806. The van der Waals surface area contributed by atoms with Crippen LogP contribution < -0.4 is 5.32 Å². The summed E-state index contributed by atoms with van der Waals surface area (Å²) < 4.78 is 0. The van der Waals surface area contributed by atoms with E-state index in [0.717, 1.165) is 13.0 Å². The first-order valence-electron chi connectivity index (χ1n) is 7.46. The zero-order chi connectivity index (χ0) is 13.7. The van der Waals surface area contributed by atoms with E-state index in [9.17, 15) is 0 Å². The highest BCUT2D eigenvalue weighted by molar-refractivity contribution is 5.85. The van der Waals surface area contributed by atoms with Crippen LogP contribution in [0.15, 0.2) is 42.5 Å². The van der Waals surface area contributed by atoms with Gasteiger partial charge >= 0.3 is 0 Å². The molecule has 0 radical (unpaired) electrons. The van der Waals surface area contributed by atoms with Crippen molar-refractivity contribution in [2.24, 2.45) is 5.92 Å².